The fourth-order valence-corrected chi connectivity index (χ4v) is 3.18. The molecule has 0 aliphatic carbocycles. The van der Waals surface area contributed by atoms with Crippen molar-refractivity contribution in [2.24, 2.45) is 0 Å². The predicted octanol–water partition coefficient (Wildman–Crippen LogP) is 2.65. The fraction of sp³-hybridized carbons (Fsp3) is 0.474. The van der Waals surface area contributed by atoms with Crippen molar-refractivity contribution in [1.82, 2.24) is 20.0 Å². The summed E-state index contributed by atoms with van der Waals surface area (Å²) in [7, 11) is 3.46. The minimum absolute atomic E-state index is 0.0418. The highest BCUT2D eigenvalue weighted by Gasteiger charge is 2.23. The van der Waals surface area contributed by atoms with Gasteiger partial charge >= 0.3 is 0 Å². The molecule has 2 unspecified atom stereocenters. The number of benzene rings is 1. The van der Waals surface area contributed by atoms with Gasteiger partial charge in [0.15, 0.2) is 0 Å². The first-order valence-electron chi connectivity index (χ1n) is 8.77. The highest BCUT2D eigenvalue weighted by molar-refractivity contribution is 5.92. The van der Waals surface area contributed by atoms with E-state index in [1.165, 1.54) is 0 Å². The average molecular weight is 342 g/mol. The third kappa shape index (κ3) is 3.85. The van der Waals surface area contributed by atoms with E-state index in [1.807, 2.05) is 55.2 Å². The third-order valence-corrected chi connectivity index (χ3v) is 4.97. The second kappa shape index (κ2) is 7.70. The summed E-state index contributed by atoms with van der Waals surface area (Å²) < 4.78 is 7.11. The Morgan fingerprint density at radius 3 is 2.76 bits per heavy atom. The van der Waals surface area contributed by atoms with Gasteiger partial charge in [-0.25, -0.2) is 0 Å². The van der Waals surface area contributed by atoms with Gasteiger partial charge < -0.3 is 15.0 Å². The van der Waals surface area contributed by atoms with Crippen LogP contribution >= 0.6 is 0 Å². The number of nitrogens with one attached hydrogen (secondary N) is 1. The second-order valence-corrected chi connectivity index (χ2v) is 6.55. The standard InChI is InChI=1S/C19H26N4O2/c1-14(15-6-8-17(25-3)9-7-15)22(2)19(24)18-10-12-23(21-18)16-5-4-11-20-13-16/h6-10,12,14,16,20H,4-5,11,13H2,1-3H3. The van der Waals surface area contributed by atoms with Gasteiger partial charge in [0.2, 0.25) is 0 Å². The number of rotatable bonds is 5. The number of ether oxygens (including phenoxy) is 1. The highest BCUT2D eigenvalue weighted by atomic mass is 16.5. The minimum atomic E-state index is -0.0640. The molecule has 2 atom stereocenters. The summed E-state index contributed by atoms with van der Waals surface area (Å²) in [5.41, 5.74) is 1.56. The first-order valence-corrected chi connectivity index (χ1v) is 8.77. The molecule has 0 radical (unpaired) electrons. The van der Waals surface area contributed by atoms with Crippen molar-refractivity contribution in [2.45, 2.75) is 31.8 Å². The van der Waals surface area contributed by atoms with Gasteiger partial charge in [0, 0.05) is 19.8 Å². The number of aromatic nitrogens is 2. The van der Waals surface area contributed by atoms with Crippen LogP contribution < -0.4 is 10.1 Å². The number of amides is 1. The third-order valence-electron chi connectivity index (χ3n) is 4.97. The molecule has 1 aromatic heterocycles. The Balaban J connectivity index is 1.69. The number of nitrogens with zero attached hydrogens (tertiary/aromatic N) is 3. The van der Waals surface area contributed by atoms with E-state index in [1.54, 1.807) is 12.0 Å². The molecule has 2 heterocycles. The maximum absolute atomic E-state index is 12.8. The number of carbonyl (C=O) groups excluding carboxylic acids is 1. The lowest BCUT2D eigenvalue weighted by molar-refractivity contribution is 0.0735. The quantitative estimate of drug-likeness (QED) is 0.907. The van der Waals surface area contributed by atoms with Gasteiger partial charge in [0.25, 0.3) is 5.91 Å². The molecule has 1 aromatic carbocycles. The molecule has 1 saturated heterocycles. The van der Waals surface area contributed by atoms with Gasteiger partial charge in [-0.15, -0.1) is 0 Å². The molecule has 134 valence electrons. The fourth-order valence-electron chi connectivity index (χ4n) is 3.18. The van der Waals surface area contributed by atoms with Gasteiger partial charge in [-0.1, -0.05) is 12.1 Å². The van der Waals surface area contributed by atoms with Crippen LogP contribution in [0.1, 0.15) is 47.9 Å². The molecule has 1 fully saturated rings. The molecule has 1 aliphatic rings. The topological polar surface area (TPSA) is 59.4 Å². The lowest BCUT2D eigenvalue weighted by atomic mass is 10.1. The zero-order valence-corrected chi connectivity index (χ0v) is 15.1. The summed E-state index contributed by atoms with van der Waals surface area (Å²) in [4.78, 5) is 14.5. The molecular weight excluding hydrogens is 316 g/mol. The van der Waals surface area contributed by atoms with Crippen molar-refractivity contribution < 1.29 is 9.53 Å². The van der Waals surface area contributed by atoms with Crippen molar-refractivity contribution >= 4 is 5.91 Å². The van der Waals surface area contributed by atoms with Crippen molar-refractivity contribution in [3.8, 4) is 5.75 Å². The normalized spacial score (nSPS) is 18.6. The van der Waals surface area contributed by atoms with Crippen molar-refractivity contribution in [3.63, 3.8) is 0 Å². The SMILES string of the molecule is COc1ccc(C(C)N(C)C(=O)c2ccn(C3CCCNC3)n2)cc1. The van der Waals surface area contributed by atoms with Crippen LogP contribution in [-0.4, -0.2) is 47.8 Å². The van der Waals surface area contributed by atoms with Crippen LogP contribution in [0.4, 0.5) is 0 Å². The lowest BCUT2D eigenvalue weighted by Crippen LogP contribution is -2.33. The molecule has 2 aromatic rings. The summed E-state index contributed by atoms with van der Waals surface area (Å²) in [6.07, 6.45) is 4.15. The smallest absolute Gasteiger partial charge is 0.274 e. The van der Waals surface area contributed by atoms with E-state index in [-0.39, 0.29) is 11.9 Å². The largest absolute Gasteiger partial charge is 0.497 e. The molecule has 0 bridgehead atoms. The molecular formula is C19H26N4O2. The minimum Gasteiger partial charge on any atom is -0.497 e. The maximum Gasteiger partial charge on any atom is 0.274 e. The van der Waals surface area contributed by atoms with Crippen molar-refractivity contribution in [1.29, 1.82) is 0 Å². The van der Waals surface area contributed by atoms with Crippen LogP contribution in [0.5, 0.6) is 5.75 Å². The van der Waals surface area contributed by atoms with E-state index in [4.69, 9.17) is 4.74 Å². The Hall–Kier alpha value is -2.34. The number of hydrogen-bond acceptors (Lipinski definition) is 4. The van der Waals surface area contributed by atoms with Gasteiger partial charge in [0.1, 0.15) is 11.4 Å². The number of piperidine rings is 1. The van der Waals surface area contributed by atoms with Crippen molar-refractivity contribution in [2.75, 3.05) is 27.2 Å². The van der Waals surface area contributed by atoms with Crippen LogP contribution in [0.3, 0.4) is 0 Å². The van der Waals surface area contributed by atoms with E-state index < -0.39 is 0 Å². The van der Waals surface area contributed by atoms with E-state index >= 15 is 0 Å². The molecule has 0 saturated carbocycles. The van der Waals surface area contributed by atoms with E-state index in [2.05, 4.69) is 10.4 Å². The molecule has 25 heavy (non-hydrogen) atoms. The summed E-state index contributed by atoms with van der Waals surface area (Å²) in [5, 5.41) is 7.90. The molecule has 6 heteroatoms. The van der Waals surface area contributed by atoms with Crippen molar-refractivity contribution in [3.05, 3.63) is 47.8 Å². The summed E-state index contributed by atoms with van der Waals surface area (Å²) in [6, 6.07) is 9.90. The first kappa shape index (κ1) is 17.5. The Labute approximate surface area is 148 Å². The van der Waals surface area contributed by atoms with Gasteiger partial charge in [-0.05, 0) is 50.1 Å². The van der Waals surface area contributed by atoms with E-state index in [9.17, 15) is 4.79 Å². The van der Waals surface area contributed by atoms with E-state index in [0.717, 1.165) is 37.2 Å². The lowest BCUT2D eigenvalue weighted by Gasteiger charge is -2.25. The molecule has 6 nitrogen and oxygen atoms in total. The van der Waals surface area contributed by atoms with Gasteiger partial charge in [0.05, 0.1) is 19.2 Å². The van der Waals surface area contributed by atoms with Crippen LogP contribution in [0.15, 0.2) is 36.5 Å². The summed E-state index contributed by atoms with van der Waals surface area (Å²) in [5.74, 6) is 0.746. The number of methoxy groups -OCH3 is 1. The average Bonchev–Trinajstić information content (AvgIpc) is 3.17. The van der Waals surface area contributed by atoms with Crippen LogP contribution in [-0.2, 0) is 0 Å². The zero-order valence-electron chi connectivity index (χ0n) is 15.1. The summed E-state index contributed by atoms with van der Waals surface area (Å²) >= 11 is 0. The Kier molecular flexibility index (Phi) is 5.38. The molecule has 1 amide bonds. The molecule has 1 N–H and O–H groups in total. The number of carbonyl (C=O) groups is 1. The van der Waals surface area contributed by atoms with Crippen LogP contribution in [0.2, 0.25) is 0 Å². The monoisotopic (exact) mass is 342 g/mol. The first-order chi connectivity index (χ1) is 12.1. The van der Waals surface area contributed by atoms with Gasteiger partial charge in [-0.3, -0.25) is 9.48 Å². The maximum atomic E-state index is 12.8. The molecule has 3 rings (SSSR count). The zero-order chi connectivity index (χ0) is 17.8. The molecule has 0 spiro atoms. The Morgan fingerprint density at radius 1 is 1.36 bits per heavy atom. The second-order valence-electron chi connectivity index (χ2n) is 6.55. The van der Waals surface area contributed by atoms with E-state index in [0.29, 0.717) is 11.7 Å². The van der Waals surface area contributed by atoms with Crippen LogP contribution in [0.25, 0.3) is 0 Å². The number of hydrogen-bond donors (Lipinski definition) is 1. The Morgan fingerprint density at radius 2 is 2.12 bits per heavy atom. The van der Waals surface area contributed by atoms with Gasteiger partial charge in [-0.2, -0.15) is 5.10 Å². The van der Waals surface area contributed by atoms with Crippen LogP contribution in [0, 0.1) is 0 Å². The molecule has 1 aliphatic heterocycles. The Bertz CT molecular complexity index is 704. The highest BCUT2D eigenvalue weighted by Crippen LogP contribution is 2.23. The summed E-state index contributed by atoms with van der Waals surface area (Å²) in [6.45, 7) is 3.99. The predicted molar refractivity (Wildman–Crippen MR) is 96.9 cm³/mol.